The highest BCUT2D eigenvalue weighted by Crippen LogP contribution is 2.33. The van der Waals surface area contributed by atoms with Crippen LogP contribution >= 0.6 is 0 Å². The molecule has 0 radical (unpaired) electrons. The number of benzene rings is 2. The Bertz CT molecular complexity index is 1180. The lowest BCUT2D eigenvalue weighted by molar-refractivity contribution is -0.138. The van der Waals surface area contributed by atoms with Crippen LogP contribution in [0.4, 0.5) is 13.2 Å². The molecule has 1 aliphatic rings. The van der Waals surface area contributed by atoms with Crippen molar-refractivity contribution in [3.63, 3.8) is 0 Å². The summed E-state index contributed by atoms with van der Waals surface area (Å²) >= 11 is 0. The Balaban J connectivity index is 1.50. The number of hydrogen-bond acceptors (Lipinski definition) is 3. The highest BCUT2D eigenvalue weighted by atomic mass is 19.4. The molecule has 3 aromatic rings. The van der Waals surface area contributed by atoms with Gasteiger partial charge in [0.15, 0.2) is 0 Å². The van der Waals surface area contributed by atoms with Gasteiger partial charge in [0, 0.05) is 25.6 Å². The van der Waals surface area contributed by atoms with E-state index in [1.807, 2.05) is 37.3 Å². The number of rotatable bonds is 5. The number of carbonyl (C=O) groups is 1. The van der Waals surface area contributed by atoms with Crippen molar-refractivity contribution in [1.29, 1.82) is 0 Å². The quantitative estimate of drug-likeness (QED) is 0.577. The fraction of sp³-hybridized carbons (Fsp3) is 0.375. The number of alkyl halides is 3. The number of likely N-dealkylation sites (tertiary alicyclic amines) is 1. The van der Waals surface area contributed by atoms with Gasteiger partial charge in [0.1, 0.15) is 5.82 Å². The van der Waals surface area contributed by atoms with Crippen LogP contribution in [0, 0.1) is 0 Å². The van der Waals surface area contributed by atoms with E-state index in [4.69, 9.17) is 0 Å². The maximum absolute atomic E-state index is 13.3. The molecule has 0 atom stereocenters. The first-order chi connectivity index (χ1) is 15.8. The van der Waals surface area contributed by atoms with Crippen molar-refractivity contribution in [2.45, 2.75) is 44.9 Å². The molecule has 33 heavy (non-hydrogen) atoms. The Morgan fingerprint density at radius 1 is 1.03 bits per heavy atom. The number of aromatic nitrogens is 3. The smallest absolute Gasteiger partial charge is 0.339 e. The van der Waals surface area contributed by atoms with Gasteiger partial charge in [0.2, 0.25) is 0 Å². The predicted octanol–water partition coefficient (Wildman–Crippen LogP) is 4.15. The van der Waals surface area contributed by atoms with Crippen LogP contribution in [0.15, 0.2) is 59.4 Å². The molecular formula is C24H25F3N4O2. The summed E-state index contributed by atoms with van der Waals surface area (Å²) in [6.07, 6.45) is -3.53. The van der Waals surface area contributed by atoms with Gasteiger partial charge in [-0.15, -0.1) is 0 Å². The van der Waals surface area contributed by atoms with Crippen LogP contribution in [0.2, 0.25) is 0 Å². The molecule has 9 heteroatoms. The normalized spacial score (nSPS) is 15.1. The molecule has 1 aromatic heterocycles. The zero-order valence-corrected chi connectivity index (χ0v) is 18.3. The van der Waals surface area contributed by atoms with Crippen LogP contribution in [0.5, 0.6) is 0 Å². The lowest BCUT2D eigenvalue weighted by Crippen LogP contribution is -2.39. The van der Waals surface area contributed by atoms with Gasteiger partial charge in [-0.05, 0) is 37.5 Å². The van der Waals surface area contributed by atoms with Crippen molar-refractivity contribution in [1.82, 2.24) is 19.2 Å². The summed E-state index contributed by atoms with van der Waals surface area (Å²) in [5.74, 6) is 0.00155. The molecule has 4 rings (SSSR count). The Kier molecular flexibility index (Phi) is 6.40. The number of nitrogens with zero attached hydrogens (tertiary/aromatic N) is 4. The van der Waals surface area contributed by atoms with E-state index in [9.17, 15) is 22.8 Å². The molecule has 6 nitrogen and oxygen atoms in total. The molecular weight excluding hydrogens is 433 g/mol. The Labute approximate surface area is 189 Å². The summed E-state index contributed by atoms with van der Waals surface area (Å²) in [6.45, 7) is 3.33. The second-order valence-electron chi connectivity index (χ2n) is 8.14. The monoisotopic (exact) mass is 458 g/mol. The van der Waals surface area contributed by atoms with Crippen LogP contribution in [-0.4, -0.2) is 38.2 Å². The second kappa shape index (κ2) is 9.25. The maximum Gasteiger partial charge on any atom is 0.417 e. The average molecular weight is 458 g/mol. The molecule has 0 N–H and O–H groups in total. The van der Waals surface area contributed by atoms with Gasteiger partial charge in [-0.2, -0.15) is 18.3 Å². The zero-order chi connectivity index (χ0) is 23.6. The van der Waals surface area contributed by atoms with Crippen LogP contribution < -0.4 is 5.69 Å². The van der Waals surface area contributed by atoms with Gasteiger partial charge in [0.05, 0.1) is 17.7 Å². The van der Waals surface area contributed by atoms with Crippen LogP contribution in [0.3, 0.4) is 0 Å². The van der Waals surface area contributed by atoms with Crippen molar-refractivity contribution < 1.29 is 18.0 Å². The number of amides is 1. The average Bonchev–Trinajstić information content (AvgIpc) is 3.13. The molecule has 1 amide bonds. The highest BCUT2D eigenvalue weighted by Gasteiger charge is 2.37. The summed E-state index contributed by atoms with van der Waals surface area (Å²) < 4.78 is 43.1. The fourth-order valence-corrected chi connectivity index (χ4v) is 4.34. The fourth-order valence-electron chi connectivity index (χ4n) is 4.34. The van der Waals surface area contributed by atoms with E-state index in [-0.39, 0.29) is 17.2 Å². The van der Waals surface area contributed by atoms with Crippen molar-refractivity contribution in [2.24, 2.45) is 0 Å². The number of piperidine rings is 1. The van der Waals surface area contributed by atoms with Crippen LogP contribution in [-0.2, 0) is 19.3 Å². The maximum atomic E-state index is 13.3. The standard InChI is InChI=1S/C24H25F3N4O2/c1-2-30-21(28-31(23(30)33)16-17-8-4-3-5-9-17)18-12-14-29(15-13-18)22(32)19-10-6-7-11-20(19)24(25,26)27/h3-11,18H,2,12-16H2,1H3. The summed E-state index contributed by atoms with van der Waals surface area (Å²) in [5, 5.41) is 4.59. The van der Waals surface area contributed by atoms with Crippen LogP contribution in [0.1, 0.15) is 53.0 Å². The lowest BCUT2D eigenvalue weighted by atomic mass is 9.95. The molecule has 174 valence electrons. The van der Waals surface area contributed by atoms with Gasteiger partial charge < -0.3 is 4.90 Å². The zero-order valence-electron chi connectivity index (χ0n) is 18.3. The van der Waals surface area contributed by atoms with E-state index < -0.39 is 17.6 Å². The largest absolute Gasteiger partial charge is 0.417 e. The third kappa shape index (κ3) is 4.72. The van der Waals surface area contributed by atoms with Crippen molar-refractivity contribution in [2.75, 3.05) is 13.1 Å². The number of carbonyl (C=O) groups excluding carboxylic acids is 1. The Hall–Kier alpha value is -3.36. The van der Waals surface area contributed by atoms with Gasteiger partial charge in [-0.1, -0.05) is 42.5 Å². The minimum absolute atomic E-state index is 0.0448. The molecule has 0 aliphatic carbocycles. The predicted molar refractivity (Wildman–Crippen MR) is 117 cm³/mol. The van der Waals surface area contributed by atoms with E-state index in [1.165, 1.54) is 27.8 Å². The first kappa shape index (κ1) is 22.8. The van der Waals surface area contributed by atoms with E-state index in [2.05, 4.69) is 5.10 Å². The SMILES string of the molecule is CCn1c(C2CCN(C(=O)c3ccccc3C(F)(F)F)CC2)nn(Cc2ccccc2)c1=O. The molecule has 1 aliphatic heterocycles. The topological polar surface area (TPSA) is 60.1 Å². The second-order valence-corrected chi connectivity index (χ2v) is 8.14. The first-order valence-electron chi connectivity index (χ1n) is 11.0. The summed E-state index contributed by atoms with van der Waals surface area (Å²) in [4.78, 5) is 27.1. The molecule has 2 heterocycles. The summed E-state index contributed by atoms with van der Waals surface area (Å²) in [6, 6.07) is 14.4. The summed E-state index contributed by atoms with van der Waals surface area (Å²) in [5.41, 5.74) is -0.470. The van der Waals surface area contributed by atoms with E-state index >= 15 is 0 Å². The Morgan fingerprint density at radius 2 is 1.67 bits per heavy atom. The Morgan fingerprint density at radius 3 is 2.30 bits per heavy atom. The molecule has 1 saturated heterocycles. The minimum Gasteiger partial charge on any atom is -0.339 e. The molecule has 0 saturated carbocycles. The van der Waals surface area contributed by atoms with E-state index in [0.717, 1.165) is 11.6 Å². The molecule has 2 aromatic carbocycles. The van der Waals surface area contributed by atoms with Crippen molar-refractivity contribution in [3.8, 4) is 0 Å². The van der Waals surface area contributed by atoms with Gasteiger partial charge >= 0.3 is 11.9 Å². The van der Waals surface area contributed by atoms with Crippen molar-refractivity contribution in [3.05, 3.63) is 87.6 Å². The third-order valence-corrected chi connectivity index (χ3v) is 6.05. The highest BCUT2D eigenvalue weighted by molar-refractivity contribution is 5.96. The molecule has 0 spiro atoms. The molecule has 0 bridgehead atoms. The number of hydrogen-bond donors (Lipinski definition) is 0. The number of halogens is 3. The van der Waals surface area contributed by atoms with E-state index in [1.54, 1.807) is 4.57 Å². The van der Waals surface area contributed by atoms with Crippen molar-refractivity contribution >= 4 is 5.91 Å². The molecule has 1 fully saturated rings. The lowest BCUT2D eigenvalue weighted by Gasteiger charge is -2.32. The molecule has 0 unspecified atom stereocenters. The minimum atomic E-state index is -4.59. The third-order valence-electron chi connectivity index (χ3n) is 6.05. The van der Waals surface area contributed by atoms with Crippen LogP contribution in [0.25, 0.3) is 0 Å². The van der Waals surface area contributed by atoms with Gasteiger partial charge in [-0.3, -0.25) is 9.36 Å². The van der Waals surface area contributed by atoms with Gasteiger partial charge in [-0.25, -0.2) is 9.48 Å². The van der Waals surface area contributed by atoms with E-state index in [0.29, 0.717) is 44.8 Å². The first-order valence-corrected chi connectivity index (χ1v) is 11.0. The summed E-state index contributed by atoms with van der Waals surface area (Å²) in [7, 11) is 0. The van der Waals surface area contributed by atoms with Gasteiger partial charge in [0.25, 0.3) is 5.91 Å².